The van der Waals surface area contributed by atoms with Gasteiger partial charge in [-0.15, -0.1) is 0 Å². The highest BCUT2D eigenvalue weighted by Gasteiger charge is 2.47. The Labute approximate surface area is 156 Å². The Hall–Kier alpha value is -1.88. The lowest BCUT2D eigenvalue weighted by Crippen LogP contribution is -2.23. The molecular formula is C16H13ClF4O5S. The molecule has 1 unspecified atom stereocenters. The van der Waals surface area contributed by atoms with Gasteiger partial charge in [0.1, 0.15) is 17.3 Å². The third-order valence-electron chi connectivity index (χ3n) is 3.38. The van der Waals surface area contributed by atoms with Crippen LogP contribution in [0.5, 0.6) is 11.5 Å². The third kappa shape index (κ3) is 5.10. The topological polar surface area (TPSA) is 83.8 Å². The van der Waals surface area contributed by atoms with Crippen LogP contribution >= 0.6 is 11.6 Å². The van der Waals surface area contributed by atoms with E-state index in [1.165, 1.54) is 6.07 Å². The van der Waals surface area contributed by atoms with Gasteiger partial charge < -0.3 is 14.9 Å². The zero-order chi connectivity index (χ0) is 20.4. The molecule has 0 saturated carbocycles. The fourth-order valence-corrected chi connectivity index (χ4v) is 3.17. The second kappa shape index (κ2) is 8.01. The lowest BCUT2D eigenvalue weighted by atomic mass is 10.1. The van der Waals surface area contributed by atoms with Crippen LogP contribution in [0.1, 0.15) is 5.56 Å². The van der Waals surface area contributed by atoms with E-state index in [0.29, 0.717) is 12.1 Å². The van der Waals surface area contributed by atoms with Gasteiger partial charge in [-0.3, -0.25) is 0 Å². The highest BCUT2D eigenvalue weighted by molar-refractivity contribution is 7.92. The maximum atomic E-state index is 13.4. The molecule has 0 aliphatic rings. The Morgan fingerprint density at radius 3 is 2.37 bits per heavy atom. The predicted octanol–water partition coefficient (Wildman–Crippen LogP) is 3.46. The van der Waals surface area contributed by atoms with Crippen molar-refractivity contribution in [2.45, 2.75) is 22.9 Å². The minimum atomic E-state index is -5.63. The summed E-state index contributed by atoms with van der Waals surface area (Å²) in [5.74, 6) is -0.956. The van der Waals surface area contributed by atoms with E-state index >= 15 is 0 Å². The molecule has 0 fully saturated rings. The minimum Gasteiger partial charge on any atom is -0.457 e. The van der Waals surface area contributed by atoms with Crippen molar-refractivity contribution in [3.8, 4) is 11.5 Å². The summed E-state index contributed by atoms with van der Waals surface area (Å²) in [6, 6.07) is 5.49. The summed E-state index contributed by atoms with van der Waals surface area (Å²) in [7, 11) is -5.63. The number of sulfone groups is 1. The summed E-state index contributed by atoms with van der Waals surface area (Å²) in [6.07, 6.45) is -1.79. The van der Waals surface area contributed by atoms with Gasteiger partial charge in [0, 0.05) is 17.5 Å². The summed E-state index contributed by atoms with van der Waals surface area (Å²) < 4.78 is 80.2. The molecule has 0 aliphatic carbocycles. The van der Waals surface area contributed by atoms with E-state index in [2.05, 4.69) is 0 Å². The van der Waals surface area contributed by atoms with Gasteiger partial charge in [0.2, 0.25) is 0 Å². The molecular weight excluding hydrogens is 416 g/mol. The van der Waals surface area contributed by atoms with Crippen LogP contribution in [0.2, 0.25) is 5.02 Å². The third-order valence-corrected chi connectivity index (χ3v) is 5.08. The van der Waals surface area contributed by atoms with Crippen molar-refractivity contribution in [2.75, 3.05) is 6.61 Å². The molecule has 11 heteroatoms. The number of ether oxygens (including phenoxy) is 1. The molecule has 0 spiro atoms. The molecule has 1 atom stereocenters. The zero-order valence-corrected chi connectivity index (χ0v) is 14.9. The predicted molar refractivity (Wildman–Crippen MR) is 88.0 cm³/mol. The van der Waals surface area contributed by atoms with Crippen molar-refractivity contribution in [2.24, 2.45) is 0 Å². The fraction of sp³-hybridized carbons (Fsp3) is 0.250. The summed E-state index contributed by atoms with van der Waals surface area (Å²) in [5, 5.41) is 18.5. The molecule has 0 amide bonds. The van der Waals surface area contributed by atoms with Crippen molar-refractivity contribution in [1.82, 2.24) is 0 Å². The average Bonchev–Trinajstić information content (AvgIpc) is 2.54. The number of hydrogen-bond acceptors (Lipinski definition) is 5. The maximum Gasteiger partial charge on any atom is 0.501 e. The van der Waals surface area contributed by atoms with Gasteiger partial charge in [-0.25, -0.2) is 12.8 Å². The van der Waals surface area contributed by atoms with Gasteiger partial charge >= 0.3 is 5.51 Å². The summed E-state index contributed by atoms with van der Waals surface area (Å²) in [5.41, 5.74) is -5.65. The summed E-state index contributed by atoms with van der Waals surface area (Å²) in [6.45, 7) is -0.721. The van der Waals surface area contributed by atoms with Crippen molar-refractivity contribution >= 4 is 21.4 Å². The number of rotatable bonds is 6. The second-order valence-electron chi connectivity index (χ2n) is 5.47. The maximum absolute atomic E-state index is 13.4. The van der Waals surface area contributed by atoms with Gasteiger partial charge in [-0.1, -0.05) is 11.6 Å². The van der Waals surface area contributed by atoms with Crippen LogP contribution in [-0.4, -0.2) is 36.9 Å². The molecule has 2 aromatic carbocycles. The Bertz CT molecular complexity index is 911. The molecule has 27 heavy (non-hydrogen) atoms. The van der Waals surface area contributed by atoms with Crippen molar-refractivity contribution in [3.63, 3.8) is 0 Å². The highest BCUT2D eigenvalue weighted by atomic mass is 35.5. The average molecular weight is 429 g/mol. The largest absolute Gasteiger partial charge is 0.501 e. The van der Waals surface area contributed by atoms with Crippen molar-refractivity contribution in [1.29, 1.82) is 0 Å². The fourth-order valence-electron chi connectivity index (χ4n) is 2.15. The molecule has 0 aromatic heterocycles. The lowest BCUT2D eigenvalue weighted by Gasteiger charge is -2.16. The Balaban J connectivity index is 2.50. The van der Waals surface area contributed by atoms with Gasteiger partial charge in [0.25, 0.3) is 9.84 Å². The van der Waals surface area contributed by atoms with E-state index in [0.717, 1.165) is 18.2 Å². The summed E-state index contributed by atoms with van der Waals surface area (Å²) >= 11 is 5.70. The monoisotopic (exact) mass is 428 g/mol. The molecule has 0 saturated heterocycles. The van der Waals surface area contributed by atoms with Crippen LogP contribution in [0.25, 0.3) is 0 Å². The molecule has 148 valence electrons. The van der Waals surface area contributed by atoms with Crippen LogP contribution in [-0.2, 0) is 16.3 Å². The van der Waals surface area contributed by atoms with Crippen LogP contribution in [0.3, 0.4) is 0 Å². The first-order chi connectivity index (χ1) is 12.4. The van der Waals surface area contributed by atoms with Gasteiger partial charge in [0.15, 0.2) is 0 Å². The molecule has 2 N–H and O–H groups in total. The van der Waals surface area contributed by atoms with Crippen LogP contribution in [0.4, 0.5) is 17.6 Å². The van der Waals surface area contributed by atoms with Gasteiger partial charge in [-0.2, -0.15) is 13.2 Å². The van der Waals surface area contributed by atoms with Crippen LogP contribution in [0.15, 0.2) is 41.3 Å². The SMILES string of the molecule is O=S(=O)(c1ccc(Oc2cc(F)cc(Cl)c2)c(CC(O)CO)c1)C(F)(F)F. The van der Waals surface area contributed by atoms with E-state index < -0.39 is 45.2 Å². The molecule has 5 nitrogen and oxygen atoms in total. The van der Waals surface area contributed by atoms with Gasteiger partial charge in [0.05, 0.1) is 17.6 Å². The second-order valence-corrected chi connectivity index (χ2v) is 7.84. The zero-order valence-electron chi connectivity index (χ0n) is 13.4. The Morgan fingerprint density at radius 1 is 1.15 bits per heavy atom. The van der Waals surface area contributed by atoms with E-state index in [1.807, 2.05) is 0 Å². The molecule has 0 aliphatic heterocycles. The van der Waals surface area contributed by atoms with E-state index in [9.17, 15) is 31.1 Å². The Kier molecular flexibility index (Phi) is 6.35. The molecule has 2 aromatic rings. The number of aliphatic hydroxyl groups excluding tert-OH is 2. The number of alkyl halides is 3. The van der Waals surface area contributed by atoms with E-state index in [4.69, 9.17) is 21.4 Å². The Morgan fingerprint density at radius 2 is 1.81 bits per heavy atom. The molecule has 0 radical (unpaired) electrons. The first kappa shape index (κ1) is 21.4. The molecule has 2 rings (SSSR count). The van der Waals surface area contributed by atoms with Crippen molar-refractivity contribution < 1.29 is 40.9 Å². The number of benzene rings is 2. The first-order valence-corrected chi connectivity index (χ1v) is 9.17. The van der Waals surface area contributed by atoms with Crippen LogP contribution < -0.4 is 4.74 Å². The molecule has 0 bridgehead atoms. The number of aliphatic hydroxyl groups is 2. The first-order valence-electron chi connectivity index (χ1n) is 7.31. The van der Waals surface area contributed by atoms with E-state index in [-0.39, 0.29) is 22.1 Å². The smallest absolute Gasteiger partial charge is 0.457 e. The van der Waals surface area contributed by atoms with Gasteiger partial charge in [-0.05, 0) is 35.9 Å². The quantitative estimate of drug-likeness (QED) is 0.688. The van der Waals surface area contributed by atoms with E-state index in [1.54, 1.807) is 0 Å². The number of halogens is 5. The van der Waals surface area contributed by atoms with Crippen molar-refractivity contribution in [3.05, 3.63) is 52.8 Å². The standard InChI is InChI=1S/C16H13ClF4O5S/c17-10-5-11(18)7-13(6-10)26-15-2-1-14(27(24,25)16(19,20)21)4-9(15)3-12(23)8-22/h1-2,4-7,12,22-23H,3,8H2. The molecule has 0 heterocycles. The normalized spacial score (nSPS) is 13.4. The number of hydrogen-bond donors (Lipinski definition) is 2. The van der Waals surface area contributed by atoms with Crippen LogP contribution in [0, 0.1) is 5.82 Å². The minimum absolute atomic E-state index is 0.00166. The lowest BCUT2D eigenvalue weighted by molar-refractivity contribution is -0.0436. The highest BCUT2D eigenvalue weighted by Crippen LogP contribution is 2.35. The summed E-state index contributed by atoms with van der Waals surface area (Å²) in [4.78, 5) is -1.06.